The lowest BCUT2D eigenvalue weighted by Gasteiger charge is -2.08. The van der Waals surface area contributed by atoms with E-state index in [4.69, 9.17) is 26.8 Å². The van der Waals surface area contributed by atoms with E-state index in [-0.39, 0.29) is 12.2 Å². The van der Waals surface area contributed by atoms with Gasteiger partial charge in [-0.3, -0.25) is 4.79 Å². The molecule has 0 aliphatic rings. The van der Waals surface area contributed by atoms with Crippen LogP contribution in [0.4, 0.5) is 0 Å². The van der Waals surface area contributed by atoms with Crippen molar-refractivity contribution < 1.29 is 14.3 Å². The number of carbonyl (C=O) groups is 1. The van der Waals surface area contributed by atoms with Gasteiger partial charge in [-0.2, -0.15) is 0 Å². The van der Waals surface area contributed by atoms with Crippen molar-refractivity contribution in [1.29, 1.82) is 0 Å². The van der Waals surface area contributed by atoms with Crippen LogP contribution in [0.5, 0.6) is 11.5 Å². The molecule has 0 aliphatic heterocycles. The van der Waals surface area contributed by atoms with Crippen molar-refractivity contribution in [3.8, 4) is 22.1 Å². The first-order valence-corrected chi connectivity index (χ1v) is 8.64. The fourth-order valence-corrected chi connectivity index (χ4v) is 3.30. The Labute approximate surface area is 154 Å². The monoisotopic (exact) mass is 374 g/mol. The standard InChI is InChI=1S/C18H15ClN2O3S/c1-23-15-5-3-2-4-13(15)18-21-12(10-25-18)9-24-16-7-6-11(19)8-14(16)17(20)22/h2-8,10H,9H2,1H3,(H2,20,22). The summed E-state index contributed by atoms with van der Waals surface area (Å²) in [7, 11) is 1.63. The Morgan fingerprint density at radius 1 is 1.24 bits per heavy atom. The molecule has 0 saturated heterocycles. The van der Waals surface area contributed by atoms with Crippen molar-refractivity contribution in [3.05, 3.63) is 64.1 Å². The van der Waals surface area contributed by atoms with Crippen LogP contribution in [0, 0.1) is 0 Å². The van der Waals surface area contributed by atoms with Crippen molar-refractivity contribution in [2.75, 3.05) is 7.11 Å². The summed E-state index contributed by atoms with van der Waals surface area (Å²) in [6.07, 6.45) is 0. The minimum Gasteiger partial charge on any atom is -0.496 e. The summed E-state index contributed by atoms with van der Waals surface area (Å²) in [6, 6.07) is 12.4. The topological polar surface area (TPSA) is 74.4 Å². The maximum Gasteiger partial charge on any atom is 0.252 e. The number of primary amides is 1. The Kier molecular flexibility index (Phi) is 5.21. The summed E-state index contributed by atoms with van der Waals surface area (Å²) in [5, 5.41) is 3.16. The fraction of sp³-hybridized carbons (Fsp3) is 0.111. The predicted molar refractivity (Wildman–Crippen MR) is 98.4 cm³/mol. The quantitative estimate of drug-likeness (QED) is 0.703. The van der Waals surface area contributed by atoms with Gasteiger partial charge in [-0.1, -0.05) is 23.7 Å². The number of thiazole rings is 1. The van der Waals surface area contributed by atoms with Gasteiger partial charge in [0, 0.05) is 10.4 Å². The van der Waals surface area contributed by atoms with Crippen LogP contribution in [0.3, 0.4) is 0 Å². The second-order valence-electron chi connectivity index (χ2n) is 5.14. The van der Waals surface area contributed by atoms with Gasteiger partial charge in [0.25, 0.3) is 5.91 Å². The van der Waals surface area contributed by atoms with Gasteiger partial charge in [-0.15, -0.1) is 11.3 Å². The smallest absolute Gasteiger partial charge is 0.252 e. The number of benzene rings is 2. The first-order chi connectivity index (χ1) is 12.1. The lowest BCUT2D eigenvalue weighted by atomic mass is 10.2. The van der Waals surface area contributed by atoms with Crippen molar-refractivity contribution in [2.45, 2.75) is 6.61 Å². The number of methoxy groups -OCH3 is 1. The van der Waals surface area contributed by atoms with Gasteiger partial charge in [0.05, 0.1) is 23.9 Å². The molecule has 0 radical (unpaired) electrons. The second-order valence-corrected chi connectivity index (χ2v) is 6.43. The number of amides is 1. The lowest BCUT2D eigenvalue weighted by molar-refractivity contribution is 0.0996. The molecule has 2 N–H and O–H groups in total. The maximum atomic E-state index is 11.5. The molecular weight excluding hydrogens is 360 g/mol. The van der Waals surface area contributed by atoms with Gasteiger partial charge < -0.3 is 15.2 Å². The molecule has 0 unspecified atom stereocenters. The van der Waals surface area contributed by atoms with Crippen LogP contribution in [0.1, 0.15) is 16.1 Å². The van der Waals surface area contributed by atoms with Crippen LogP contribution < -0.4 is 15.2 Å². The van der Waals surface area contributed by atoms with Gasteiger partial charge in [0.1, 0.15) is 23.1 Å². The zero-order valence-corrected chi connectivity index (χ0v) is 14.9. The average Bonchev–Trinajstić information content (AvgIpc) is 3.09. The molecule has 0 aliphatic carbocycles. The number of halogens is 1. The van der Waals surface area contributed by atoms with E-state index in [1.807, 2.05) is 29.6 Å². The number of ether oxygens (including phenoxy) is 2. The molecule has 0 spiro atoms. The number of carbonyl (C=O) groups excluding carboxylic acids is 1. The summed E-state index contributed by atoms with van der Waals surface area (Å²) in [6.45, 7) is 0.216. The van der Waals surface area contributed by atoms with Gasteiger partial charge in [-0.25, -0.2) is 4.98 Å². The van der Waals surface area contributed by atoms with Crippen molar-refractivity contribution in [3.63, 3.8) is 0 Å². The molecule has 0 fully saturated rings. The van der Waals surface area contributed by atoms with Crippen molar-refractivity contribution in [2.24, 2.45) is 5.73 Å². The Morgan fingerprint density at radius 2 is 2.04 bits per heavy atom. The van der Waals surface area contributed by atoms with E-state index in [2.05, 4.69) is 4.98 Å². The summed E-state index contributed by atoms with van der Waals surface area (Å²) in [5.74, 6) is 0.548. The van der Waals surface area contributed by atoms with E-state index in [1.165, 1.54) is 17.4 Å². The van der Waals surface area contributed by atoms with Crippen LogP contribution in [-0.2, 0) is 6.61 Å². The molecule has 3 rings (SSSR count). The zero-order valence-electron chi connectivity index (χ0n) is 13.4. The van der Waals surface area contributed by atoms with E-state index in [0.29, 0.717) is 10.8 Å². The largest absolute Gasteiger partial charge is 0.496 e. The molecule has 3 aromatic rings. The van der Waals surface area contributed by atoms with E-state index in [1.54, 1.807) is 19.2 Å². The Morgan fingerprint density at radius 3 is 2.80 bits per heavy atom. The molecule has 1 heterocycles. The van der Waals surface area contributed by atoms with Crippen LogP contribution in [-0.4, -0.2) is 18.0 Å². The molecule has 0 bridgehead atoms. The highest BCUT2D eigenvalue weighted by Crippen LogP contribution is 2.32. The van der Waals surface area contributed by atoms with Crippen LogP contribution in [0.25, 0.3) is 10.6 Å². The SMILES string of the molecule is COc1ccccc1-c1nc(COc2ccc(Cl)cc2C(N)=O)cs1. The molecule has 7 heteroatoms. The van der Waals surface area contributed by atoms with Gasteiger partial charge >= 0.3 is 0 Å². The Bertz CT molecular complexity index is 911. The summed E-state index contributed by atoms with van der Waals surface area (Å²) >= 11 is 7.39. The first kappa shape index (κ1) is 17.3. The highest BCUT2D eigenvalue weighted by molar-refractivity contribution is 7.13. The van der Waals surface area contributed by atoms with Gasteiger partial charge in [-0.05, 0) is 30.3 Å². The molecule has 5 nitrogen and oxygen atoms in total. The third-order valence-electron chi connectivity index (χ3n) is 3.47. The molecule has 2 aromatic carbocycles. The van der Waals surface area contributed by atoms with E-state index in [9.17, 15) is 4.79 Å². The van der Waals surface area contributed by atoms with E-state index < -0.39 is 5.91 Å². The normalized spacial score (nSPS) is 10.5. The third kappa shape index (κ3) is 3.92. The molecule has 128 valence electrons. The number of hydrogen-bond acceptors (Lipinski definition) is 5. The highest BCUT2D eigenvalue weighted by Gasteiger charge is 2.13. The van der Waals surface area contributed by atoms with Gasteiger partial charge in [0.15, 0.2) is 0 Å². The molecule has 25 heavy (non-hydrogen) atoms. The zero-order chi connectivity index (χ0) is 17.8. The van der Waals surface area contributed by atoms with Crippen molar-refractivity contribution in [1.82, 2.24) is 4.98 Å². The highest BCUT2D eigenvalue weighted by atomic mass is 35.5. The maximum absolute atomic E-state index is 11.5. The molecule has 1 amide bonds. The Hall–Kier alpha value is -2.57. The summed E-state index contributed by atoms with van der Waals surface area (Å²) in [5.41, 5.74) is 7.27. The average molecular weight is 375 g/mol. The third-order valence-corrected chi connectivity index (χ3v) is 4.63. The number of hydrogen-bond donors (Lipinski definition) is 1. The van der Waals surface area contributed by atoms with Crippen LogP contribution in [0.2, 0.25) is 5.02 Å². The Balaban J connectivity index is 1.78. The minimum absolute atomic E-state index is 0.216. The number of aromatic nitrogens is 1. The number of para-hydroxylation sites is 1. The van der Waals surface area contributed by atoms with Crippen molar-refractivity contribution >= 4 is 28.8 Å². The van der Waals surface area contributed by atoms with E-state index in [0.717, 1.165) is 22.0 Å². The molecule has 0 saturated carbocycles. The van der Waals surface area contributed by atoms with Crippen LogP contribution in [0.15, 0.2) is 47.8 Å². The second kappa shape index (κ2) is 7.55. The van der Waals surface area contributed by atoms with Gasteiger partial charge in [0.2, 0.25) is 0 Å². The first-order valence-electron chi connectivity index (χ1n) is 7.38. The minimum atomic E-state index is -0.592. The predicted octanol–water partition coefficient (Wildman–Crippen LogP) is 4.15. The molecule has 0 atom stereocenters. The number of nitrogens with zero attached hydrogens (tertiary/aromatic N) is 1. The van der Waals surface area contributed by atoms with E-state index >= 15 is 0 Å². The lowest BCUT2D eigenvalue weighted by Crippen LogP contribution is -2.13. The number of nitrogens with two attached hydrogens (primary N) is 1. The number of rotatable bonds is 6. The fourth-order valence-electron chi connectivity index (χ4n) is 2.29. The summed E-state index contributed by atoms with van der Waals surface area (Å²) < 4.78 is 11.1. The molecular formula is C18H15ClN2O3S. The molecule has 1 aromatic heterocycles. The summed E-state index contributed by atoms with van der Waals surface area (Å²) in [4.78, 5) is 16.1. The van der Waals surface area contributed by atoms with Crippen LogP contribution >= 0.6 is 22.9 Å².